The van der Waals surface area contributed by atoms with Crippen molar-refractivity contribution in [3.05, 3.63) is 53.9 Å². The normalized spacial score (nSPS) is 15.6. The summed E-state index contributed by atoms with van der Waals surface area (Å²) in [5.41, 5.74) is 2.27. The highest BCUT2D eigenvalue weighted by atomic mass is 32.2. The van der Waals surface area contributed by atoms with Crippen molar-refractivity contribution in [2.24, 2.45) is 0 Å². The number of nitrogens with zero attached hydrogens (tertiary/aromatic N) is 2. The Morgan fingerprint density at radius 2 is 2.09 bits per heavy atom. The molecular weight excluding hydrogens is 314 g/mol. The van der Waals surface area contributed by atoms with Crippen LogP contribution in [0, 0.1) is 0 Å². The summed E-state index contributed by atoms with van der Waals surface area (Å²) in [6.45, 7) is 1.76. The second-order valence-corrected chi connectivity index (χ2v) is 7.26. The summed E-state index contributed by atoms with van der Waals surface area (Å²) in [4.78, 5) is 17.4. The molecule has 3 rings (SSSR count). The summed E-state index contributed by atoms with van der Waals surface area (Å²) in [5.74, 6) is -0.0359. The quantitative estimate of drug-likeness (QED) is 0.924. The van der Waals surface area contributed by atoms with E-state index < -0.39 is 16.1 Å². The number of pyridine rings is 1. The van der Waals surface area contributed by atoms with Crippen molar-refractivity contribution in [3.8, 4) is 0 Å². The maximum absolute atomic E-state index is 12.5. The van der Waals surface area contributed by atoms with E-state index in [1.54, 1.807) is 44.6 Å². The molecule has 120 valence electrons. The molecule has 1 atom stereocenters. The van der Waals surface area contributed by atoms with Crippen LogP contribution < -0.4 is 9.62 Å². The minimum atomic E-state index is -3.67. The van der Waals surface area contributed by atoms with Crippen LogP contribution in [-0.2, 0) is 21.2 Å². The zero-order chi connectivity index (χ0) is 16.6. The van der Waals surface area contributed by atoms with Crippen LogP contribution in [-0.4, -0.2) is 26.4 Å². The largest absolute Gasteiger partial charge is 0.315 e. The lowest BCUT2D eigenvalue weighted by molar-refractivity contribution is -0.117. The molecule has 1 N–H and O–H groups in total. The smallest absolute Gasteiger partial charge is 0.241 e. The molecule has 0 spiro atoms. The minimum absolute atomic E-state index is 0.0359. The standard InChI is InChI=1S/C16H17N3O3S/c1-11(12-4-3-7-17-10-12)18-23(21,22)14-5-6-15-13(8-14)9-16(20)19(15)2/h3-8,10-11,18H,9H2,1-2H3. The first-order chi connectivity index (χ1) is 10.9. The number of anilines is 1. The zero-order valence-corrected chi connectivity index (χ0v) is 13.7. The van der Waals surface area contributed by atoms with Gasteiger partial charge in [-0.25, -0.2) is 13.1 Å². The molecule has 1 amide bonds. The Labute approximate surface area is 135 Å². The van der Waals surface area contributed by atoms with Gasteiger partial charge in [0, 0.05) is 31.2 Å². The average Bonchev–Trinajstić information content (AvgIpc) is 2.82. The summed E-state index contributed by atoms with van der Waals surface area (Å²) < 4.78 is 27.7. The summed E-state index contributed by atoms with van der Waals surface area (Å²) in [6.07, 6.45) is 3.50. The van der Waals surface area contributed by atoms with Crippen LogP contribution in [0.1, 0.15) is 24.1 Å². The number of sulfonamides is 1. The monoisotopic (exact) mass is 331 g/mol. The van der Waals surface area contributed by atoms with Crippen LogP contribution in [0.4, 0.5) is 5.69 Å². The number of carbonyl (C=O) groups excluding carboxylic acids is 1. The van der Waals surface area contributed by atoms with E-state index >= 15 is 0 Å². The second kappa shape index (κ2) is 5.75. The Morgan fingerprint density at radius 1 is 1.30 bits per heavy atom. The van der Waals surface area contributed by atoms with Gasteiger partial charge in [0.15, 0.2) is 0 Å². The SMILES string of the molecule is CC(NS(=O)(=O)c1ccc2c(c1)CC(=O)N2C)c1cccnc1. The van der Waals surface area contributed by atoms with E-state index in [1.165, 1.54) is 11.0 Å². The van der Waals surface area contributed by atoms with Gasteiger partial charge < -0.3 is 4.90 Å². The molecule has 0 aliphatic carbocycles. The number of nitrogens with one attached hydrogen (secondary N) is 1. The van der Waals surface area contributed by atoms with E-state index in [9.17, 15) is 13.2 Å². The van der Waals surface area contributed by atoms with Crippen LogP contribution in [0.2, 0.25) is 0 Å². The van der Waals surface area contributed by atoms with E-state index in [4.69, 9.17) is 0 Å². The fraction of sp³-hybridized carbons (Fsp3) is 0.250. The molecule has 0 saturated heterocycles. The van der Waals surface area contributed by atoms with Gasteiger partial charge in [0.2, 0.25) is 15.9 Å². The molecule has 7 heteroatoms. The van der Waals surface area contributed by atoms with Crippen LogP contribution in [0.25, 0.3) is 0 Å². The number of hydrogen-bond donors (Lipinski definition) is 1. The fourth-order valence-electron chi connectivity index (χ4n) is 2.61. The number of benzene rings is 1. The van der Waals surface area contributed by atoms with Crippen LogP contribution in [0.15, 0.2) is 47.6 Å². The van der Waals surface area contributed by atoms with Gasteiger partial charge >= 0.3 is 0 Å². The first-order valence-corrected chi connectivity index (χ1v) is 8.68. The topological polar surface area (TPSA) is 79.4 Å². The highest BCUT2D eigenvalue weighted by Crippen LogP contribution is 2.30. The van der Waals surface area contributed by atoms with Gasteiger partial charge in [-0.2, -0.15) is 0 Å². The molecule has 0 radical (unpaired) electrons. The Kier molecular flexibility index (Phi) is 3.91. The summed E-state index contributed by atoms with van der Waals surface area (Å²) in [6, 6.07) is 7.93. The minimum Gasteiger partial charge on any atom is -0.315 e. The molecule has 2 aromatic rings. The summed E-state index contributed by atoms with van der Waals surface area (Å²) >= 11 is 0. The van der Waals surface area contributed by atoms with Crippen molar-refractivity contribution in [2.45, 2.75) is 24.3 Å². The highest BCUT2D eigenvalue weighted by Gasteiger charge is 2.26. The van der Waals surface area contributed by atoms with Crippen LogP contribution in [0.3, 0.4) is 0 Å². The van der Waals surface area contributed by atoms with Gasteiger partial charge in [0.05, 0.1) is 11.3 Å². The van der Waals surface area contributed by atoms with Crippen molar-refractivity contribution < 1.29 is 13.2 Å². The lowest BCUT2D eigenvalue weighted by Gasteiger charge is -2.15. The first-order valence-electron chi connectivity index (χ1n) is 7.20. The second-order valence-electron chi connectivity index (χ2n) is 5.55. The van der Waals surface area contributed by atoms with Gasteiger partial charge in [-0.05, 0) is 42.3 Å². The maximum Gasteiger partial charge on any atom is 0.241 e. The molecule has 1 unspecified atom stereocenters. The van der Waals surface area contributed by atoms with Gasteiger partial charge in [-0.1, -0.05) is 6.07 Å². The molecule has 0 saturated carbocycles. The number of likely N-dealkylation sites (N-methyl/N-ethyl adjacent to an activating group) is 1. The molecule has 1 aromatic heterocycles. The Bertz CT molecular complexity index is 850. The summed E-state index contributed by atoms with van der Waals surface area (Å²) in [7, 11) is -1.99. The third kappa shape index (κ3) is 2.97. The number of amides is 1. The van der Waals surface area contributed by atoms with Crippen LogP contribution >= 0.6 is 0 Å². The maximum atomic E-state index is 12.5. The van der Waals surface area contributed by atoms with Crippen molar-refractivity contribution in [2.75, 3.05) is 11.9 Å². The van der Waals surface area contributed by atoms with E-state index in [0.29, 0.717) is 0 Å². The third-order valence-corrected chi connectivity index (χ3v) is 5.49. The van der Waals surface area contributed by atoms with Gasteiger partial charge in [-0.15, -0.1) is 0 Å². The molecular formula is C16H17N3O3S. The average molecular weight is 331 g/mol. The Hall–Kier alpha value is -2.25. The number of rotatable bonds is 4. The lowest BCUT2D eigenvalue weighted by atomic mass is 10.2. The fourth-order valence-corrected chi connectivity index (χ4v) is 3.90. The van der Waals surface area contributed by atoms with E-state index in [-0.39, 0.29) is 17.2 Å². The van der Waals surface area contributed by atoms with E-state index in [1.807, 2.05) is 6.07 Å². The van der Waals surface area contributed by atoms with Gasteiger partial charge in [0.1, 0.15) is 0 Å². The predicted octanol–water partition coefficient (Wildman–Crippen LogP) is 1.64. The first kappa shape index (κ1) is 15.6. The van der Waals surface area contributed by atoms with E-state index in [0.717, 1.165) is 16.8 Å². The van der Waals surface area contributed by atoms with Crippen LogP contribution in [0.5, 0.6) is 0 Å². The zero-order valence-electron chi connectivity index (χ0n) is 12.9. The Balaban J connectivity index is 1.87. The van der Waals surface area contributed by atoms with Crippen molar-refractivity contribution >= 4 is 21.6 Å². The van der Waals surface area contributed by atoms with Crippen molar-refractivity contribution in [1.82, 2.24) is 9.71 Å². The van der Waals surface area contributed by atoms with Crippen molar-refractivity contribution in [1.29, 1.82) is 0 Å². The van der Waals surface area contributed by atoms with Gasteiger partial charge in [0.25, 0.3) is 0 Å². The molecule has 23 heavy (non-hydrogen) atoms. The molecule has 6 nitrogen and oxygen atoms in total. The molecule has 0 bridgehead atoms. The van der Waals surface area contributed by atoms with Gasteiger partial charge in [-0.3, -0.25) is 9.78 Å². The molecule has 1 aromatic carbocycles. The molecule has 0 fully saturated rings. The molecule has 1 aliphatic rings. The predicted molar refractivity (Wildman–Crippen MR) is 86.5 cm³/mol. The summed E-state index contributed by atoms with van der Waals surface area (Å²) in [5, 5.41) is 0. The Morgan fingerprint density at radius 3 is 2.78 bits per heavy atom. The molecule has 1 aliphatic heterocycles. The number of carbonyl (C=O) groups is 1. The molecule has 2 heterocycles. The lowest BCUT2D eigenvalue weighted by Crippen LogP contribution is -2.27. The number of hydrogen-bond acceptors (Lipinski definition) is 4. The van der Waals surface area contributed by atoms with Crippen molar-refractivity contribution in [3.63, 3.8) is 0 Å². The number of aromatic nitrogens is 1. The third-order valence-electron chi connectivity index (χ3n) is 3.95. The van der Waals surface area contributed by atoms with E-state index in [2.05, 4.69) is 9.71 Å². The number of fused-ring (bicyclic) bond motifs is 1. The highest BCUT2D eigenvalue weighted by molar-refractivity contribution is 7.89.